The van der Waals surface area contributed by atoms with Crippen molar-refractivity contribution in [1.29, 1.82) is 0 Å². The number of esters is 1. The highest BCUT2D eigenvalue weighted by Crippen LogP contribution is 2.32. The Morgan fingerprint density at radius 3 is 2.47 bits per heavy atom. The molecule has 0 bridgehead atoms. The summed E-state index contributed by atoms with van der Waals surface area (Å²) in [5.41, 5.74) is 0.933. The molecule has 3 rings (SSSR count). The summed E-state index contributed by atoms with van der Waals surface area (Å²) in [6.07, 6.45) is -0.539. The molecule has 1 aromatic heterocycles. The van der Waals surface area contributed by atoms with Gasteiger partial charge in [0.05, 0.1) is 33.9 Å². The molecule has 0 aliphatic carbocycles. The van der Waals surface area contributed by atoms with E-state index in [1.165, 1.54) is 17.4 Å². The number of ether oxygens (including phenoxy) is 1. The van der Waals surface area contributed by atoms with Gasteiger partial charge in [-0.2, -0.15) is 0 Å². The molecule has 0 saturated carbocycles. The maximum absolute atomic E-state index is 13.1. The van der Waals surface area contributed by atoms with E-state index in [0.717, 1.165) is 15.6 Å². The molecule has 0 saturated heterocycles. The van der Waals surface area contributed by atoms with Crippen LogP contribution in [0.3, 0.4) is 0 Å². The molecule has 8 heteroatoms. The van der Waals surface area contributed by atoms with E-state index >= 15 is 0 Å². The lowest BCUT2D eigenvalue weighted by molar-refractivity contribution is -0.385. The van der Waals surface area contributed by atoms with Gasteiger partial charge >= 0.3 is 5.97 Å². The number of thiophene rings is 1. The number of carbonyl (C=O) groups is 2. The molecule has 2 aromatic carbocycles. The standard InChI is InChI=1S/C22H22N2O5S/c1-13(2)29-20(25)12-17(16-9-4-6-10-18(16)24(27)28)23-22(26)21-14(3)15-8-5-7-11-19(15)30-21/h4-11,13,17H,12H2,1-3H3,(H,23,26). The van der Waals surface area contributed by atoms with Gasteiger partial charge in [-0.25, -0.2) is 0 Å². The van der Waals surface area contributed by atoms with Gasteiger partial charge in [0, 0.05) is 10.8 Å². The summed E-state index contributed by atoms with van der Waals surface area (Å²) in [6, 6.07) is 12.9. The molecule has 1 heterocycles. The van der Waals surface area contributed by atoms with Crippen molar-refractivity contribution in [2.24, 2.45) is 0 Å². The molecule has 1 N–H and O–H groups in total. The Balaban J connectivity index is 1.95. The number of amides is 1. The van der Waals surface area contributed by atoms with Gasteiger partial charge in [-0.3, -0.25) is 19.7 Å². The fourth-order valence-corrected chi connectivity index (χ4v) is 4.39. The number of hydrogen-bond donors (Lipinski definition) is 1. The number of nitro groups is 1. The number of hydrogen-bond acceptors (Lipinski definition) is 6. The van der Waals surface area contributed by atoms with E-state index in [2.05, 4.69) is 5.32 Å². The van der Waals surface area contributed by atoms with E-state index in [1.807, 2.05) is 31.2 Å². The number of aryl methyl sites for hydroxylation is 1. The molecule has 0 aliphatic rings. The minimum atomic E-state index is -0.894. The molecule has 0 radical (unpaired) electrons. The van der Waals surface area contributed by atoms with Gasteiger partial charge in [-0.1, -0.05) is 36.4 Å². The molecule has 1 atom stereocenters. The van der Waals surface area contributed by atoms with Crippen molar-refractivity contribution in [2.45, 2.75) is 39.3 Å². The molecule has 0 spiro atoms. The van der Waals surface area contributed by atoms with Gasteiger partial charge in [-0.15, -0.1) is 11.3 Å². The quantitative estimate of drug-likeness (QED) is 0.328. The highest BCUT2D eigenvalue weighted by molar-refractivity contribution is 7.21. The topological polar surface area (TPSA) is 98.5 Å². The second kappa shape index (κ2) is 9.04. The van der Waals surface area contributed by atoms with E-state index in [4.69, 9.17) is 4.74 Å². The van der Waals surface area contributed by atoms with Gasteiger partial charge in [0.1, 0.15) is 0 Å². The number of carbonyl (C=O) groups excluding carboxylic acids is 2. The number of benzene rings is 2. The largest absolute Gasteiger partial charge is 0.463 e. The SMILES string of the molecule is Cc1c(C(=O)NC(CC(=O)OC(C)C)c2ccccc2[N+](=O)[O-])sc2ccccc12. The van der Waals surface area contributed by atoms with Crippen molar-refractivity contribution in [2.75, 3.05) is 0 Å². The molecule has 30 heavy (non-hydrogen) atoms. The lowest BCUT2D eigenvalue weighted by Crippen LogP contribution is -2.31. The van der Waals surface area contributed by atoms with Crippen LogP contribution in [-0.2, 0) is 9.53 Å². The van der Waals surface area contributed by atoms with Crippen LogP contribution in [0.1, 0.15) is 47.1 Å². The zero-order valence-electron chi connectivity index (χ0n) is 16.9. The van der Waals surface area contributed by atoms with E-state index in [-0.39, 0.29) is 29.7 Å². The second-order valence-electron chi connectivity index (χ2n) is 7.14. The zero-order valence-corrected chi connectivity index (χ0v) is 17.7. The Morgan fingerprint density at radius 2 is 1.80 bits per heavy atom. The van der Waals surface area contributed by atoms with Crippen LogP contribution >= 0.6 is 11.3 Å². The predicted octanol–water partition coefficient (Wildman–Crippen LogP) is 4.93. The van der Waals surface area contributed by atoms with Gasteiger partial charge in [0.15, 0.2) is 0 Å². The van der Waals surface area contributed by atoms with Crippen molar-refractivity contribution in [3.8, 4) is 0 Å². The van der Waals surface area contributed by atoms with Crippen LogP contribution < -0.4 is 5.32 Å². The van der Waals surface area contributed by atoms with Crippen LogP contribution in [0.2, 0.25) is 0 Å². The smallest absolute Gasteiger partial charge is 0.308 e. The Labute approximate surface area is 177 Å². The average Bonchev–Trinajstić information content (AvgIpc) is 3.04. The number of para-hydroxylation sites is 1. The number of nitro benzene ring substituents is 1. The van der Waals surface area contributed by atoms with E-state index in [9.17, 15) is 19.7 Å². The maximum Gasteiger partial charge on any atom is 0.308 e. The summed E-state index contributed by atoms with van der Waals surface area (Å²) in [5, 5.41) is 15.3. The number of nitrogens with zero attached hydrogens (tertiary/aromatic N) is 1. The summed E-state index contributed by atoms with van der Waals surface area (Å²) >= 11 is 1.35. The van der Waals surface area contributed by atoms with Gasteiger partial charge in [0.2, 0.25) is 0 Å². The molecule has 3 aromatic rings. The van der Waals surface area contributed by atoms with Gasteiger partial charge in [0.25, 0.3) is 11.6 Å². The van der Waals surface area contributed by atoms with Gasteiger partial charge < -0.3 is 10.1 Å². The van der Waals surface area contributed by atoms with E-state index in [0.29, 0.717) is 4.88 Å². The summed E-state index contributed by atoms with van der Waals surface area (Å²) in [4.78, 5) is 36.9. The fourth-order valence-electron chi connectivity index (χ4n) is 3.28. The first-order chi connectivity index (χ1) is 14.3. The lowest BCUT2D eigenvalue weighted by atomic mass is 10.0. The first kappa shape index (κ1) is 21.4. The molecular formula is C22H22N2O5S. The van der Waals surface area contributed by atoms with Crippen LogP contribution in [0.5, 0.6) is 0 Å². The first-order valence-electron chi connectivity index (χ1n) is 9.49. The zero-order chi connectivity index (χ0) is 21.8. The van der Waals surface area contributed by atoms with Crippen molar-refractivity contribution in [1.82, 2.24) is 5.32 Å². The Morgan fingerprint density at radius 1 is 1.13 bits per heavy atom. The normalized spacial score (nSPS) is 12.0. The fraction of sp³-hybridized carbons (Fsp3) is 0.273. The Kier molecular flexibility index (Phi) is 6.47. The molecule has 1 amide bonds. The Hall–Kier alpha value is -3.26. The predicted molar refractivity (Wildman–Crippen MR) is 116 cm³/mol. The highest BCUT2D eigenvalue weighted by atomic mass is 32.1. The van der Waals surface area contributed by atoms with Crippen LogP contribution in [0.15, 0.2) is 48.5 Å². The summed E-state index contributed by atoms with van der Waals surface area (Å²) in [7, 11) is 0. The number of nitrogens with one attached hydrogen (secondary N) is 1. The third-order valence-corrected chi connectivity index (χ3v) is 5.87. The van der Waals surface area contributed by atoms with Crippen LogP contribution in [-0.4, -0.2) is 22.9 Å². The van der Waals surface area contributed by atoms with Crippen molar-refractivity contribution in [3.05, 3.63) is 74.6 Å². The minimum absolute atomic E-state index is 0.159. The third-order valence-electron chi connectivity index (χ3n) is 4.60. The summed E-state index contributed by atoms with van der Waals surface area (Å²) in [6.45, 7) is 5.30. The van der Waals surface area contributed by atoms with Crippen molar-refractivity contribution >= 4 is 39.0 Å². The maximum atomic E-state index is 13.1. The second-order valence-corrected chi connectivity index (χ2v) is 8.19. The van der Waals surface area contributed by atoms with E-state index < -0.39 is 16.9 Å². The molecular weight excluding hydrogens is 404 g/mol. The lowest BCUT2D eigenvalue weighted by Gasteiger charge is -2.19. The highest BCUT2D eigenvalue weighted by Gasteiger charge is 2.28. The van der Waals surface area contributed by atoms with E-state index in [1.54, 1.807) is 32.0 Å². The summed E-state index contributed by atoms with van der Waals surface area (Å²) < 4.78 is 6.18. The monoisotopic (exact) mass is 426 g/mol. The number of fused-ring (bicyclic) bond motifs is 1. The molecule has 156 valence electrons. The average molecular weight is 426 g/mol. The molecule has 1 unspecified atom stereocenters. The van der Waals surface area contributed by atoms with Gasteiger partial charge in [-0.05, 0) is 37.8 Å². The molecule has 0 aliphatic heterocycles. The summed E-state index contributed by atoms with van der Waals surface area (Å²) in [5.74, 6) is -0.921. The third kappa shape index (κ3) is 4.65. The van der Waals surface area contributed by atoms with Crippen molar-refractivity contribution < 1.29 is 19.2 Å². The van der Waals surface area contributed by atoms with Crippen molar-refractivity contribution in [3.63, 3.8) is 0 Å². The minimum Gasteiger partial charge on any atom is -0.463 e. The van der Waals surface area contributed by atoms with Crippen LogP contribution in [0, 0.1) is 17.0 Å². The number of rotatable bonds is 7. The molecule has 0 fully saturated rings. The first-order valence-corrected chi connectivity index (χ1v) is 10.3. The molecule has 7 nitrogen and oxygen atoms in total. The Bertz CT molecular complexity index is 1110. The van der Waals surface area contributed by atoms with Crippen LogP contribution in [0.4, 0.5) is 5.69 Å². The van der Waals surface area contributed by atoms with Crippen LogP contribution in [0.25, 0.3) is 10.1 Å².